The van der Waals surface area contributed by atoms with Gasteiger partial charge in [0.1, 0.15) is 12.2 Å². The standard InChI is InChI=1S/C30H68O10Si3/c1-9-11-15-35-25-29(31)27-37-21-19-33-17-13-23-41(3,4)39-43(7,8)40-42(5,6)24-14-18-34-20-22-38-28-30(32)26-36-16-12-10-2/h29-32H,9-28H2,1-8H3. The van der Waals surface area contributed by atoms with Crippen LogP contribution in [0.15, 0.2) is 0 Å². The van der Waals surface area contributed by atoms with Gasteiger partial charge in [-0.2, -0.15) is 0 Å². The van der Waals surface area contributed by atoms with Gasteiger partial charge in [0.15, 0.2) is 16.6 Å². The van der Waals surface area contributed by atoms with Crippen molar-refractivity contribution in [3.63, 3.8) is 0 Å². The molecule has 0 heterocycles. The lowest BCUT2D eigenvalue weighted by atomic mass is 10.3. The molecular weight excluding hydrogens is 605 g/mol. The Kier molecular flexibility index (Phi) is 26.5. The maximum absolute atomic E-state index is 9.85. The van der Waals surface area contributed by atoms with E-state index in [2.05, 4.69) is 53.1 Å². The van der Waals surface area contributed by atoms with Gasteiger partial charge >= 0.3 is 8.56 Å². The first-order valence-electron chi connectivity index (χ1n) is 16.6. The van der Waals surface area contributed by atoms with Crippen LogP contribution < -0.4 is 0 Å². The lowest BCUT2D eigenvalue weighted by molar-refractivity contribution is -0.0322. The normalized spacial score (nSPS) is 14.4. The van der Waals surface area contributed by atoms with Gasteiger partial charge in [0.05, 0.1) is 52.9 Å². The third-order valence-corrected chi connectivity index (χ3v) is 17.9. The summed E-state index contributed by atoms with van der Waals surface area (Å²) in [6.45, 7) is 23.5. The van der Waals surface area contributed by atoms with Gasteiger partial charge < -0.3 is 46.9 Å². The van der Waals surface area contributed by atoms with E-state index < -0.39 is 37.4 Å². The Morgan fingerprint density at radius 2 is 0.744 bits per heavy atom. The first-order chi connectivity index (χ1) is 20.3. The van der Waals surface area contributed by atoms with Crippen LogP contribution in [0.4, 0.5) is 0 Å². The van der Waals surface area contributed by atoms with Crippen LogP contribution in [0.5, 0.6) is 0 Å². The van der Waals surface area contributed by atoms with Crippen LogP contribution >= 0.6 is 0 Å². The first kappa shape index (κ1) is 43.3. The number of rotatable bonds is 32. The molecule has 0 spiro atoms. The maximum Gasteiger partial charge on any atom is 0.311 e. The molecule has 0 bridgehead atoms. The van der Waals surface area contributed by atoms with Crippen molar-refractivity contribution in [3.05, 3.63) is 0 Å². The zero-order valence-electron chi connectivity index (χ0n) is 29.0. The second-order valence-corrected chi connectivity index (χ2v) is 25.3. The molecule has 10 nitrogen and oxygen atoms in total. The van der Waals surface area contributed by atoms with Crippen molar-refractivity contribution in [1.82, 2.24) is 0 Å². The van der Waals surface area contributed by atoms with E-state index in [1.165, 1.54) is 0 Å². The fourth-order valence-corrected chi connectivity index (χ4v) is 18.6. The third kappa shape index (κ3) is 29.4. The Morgan fingerprint density at radius 1 is 0.442 bits per heavy atom. The molecule has 0 aliphatic carbocycles. The van der Waals surface area contributed by atoms with E-state index in [9.17, 15) is 10.2 Å². The summed E-state index contributed by atoms with van der Waals surface area (Å²) in [5.41, 5.74) is 0. The Balaban J connectivity index is 3.94. The molecule has 0 aromatic heterocycles. The molecule has 0 amide bonds. The second kappa shape index (κ2) is 26.3. The van der Waals surface area contributed by atoms with Gasteiger partial charge in [-0.05, 0) is 77.1 Å². The van der Waals surface area contributed by atoms with Crippen molar-refractivity contribution in [2.45, 2.75) is 116 Å². The maximum atomic E-state index is 9.85. The molecular formula is C30H68O10Si3. The minimum atomic E-state index is -2.26. The molecule has 13 heteroatoms. The molecule has 260 valence electrons. The summed E-state index contributed by atoms with van der Waals surface area (Å²) in [6, 6.07) is 2.03. The van der Waals surface area contributed by atoms with E-state index in [1.54, 1.807) is 0 Å². The Morgan fingerprint density at radius 3 is 1.09 bits per heavy atom. The SMILES string of the molecule is CCCCOCC(O)COCCOCCC[Si](C)(C)O[Si](C)(C)O[Si](C)(C)CCCOCCOCC(O)COCCCC. The van der Waals surface area contributed by atoms with Crippen molar-refractivity contribution in [2.24, 2.45) is 0 Å². The molecule has 0 fully saturated rings. The van der Waals surface area contributed by atoms with Gasteiger partial charge in [-0.1, -0.05) is 26.7 Å². The van der Waals surface area contributed by atoms with Crippen molar-refractivity contribution in [1.29, 1.82) is 0 Å². The number of aliphatic hydroxyl groups is 2. The smallest absolute Gasteiger partial charge is 0.311 e. The van der Waals surface area contributed by atoms with Gasteiger partial charge in [0.2, 0.25) is 0 Å². The van der Waals surface area contributed by atoms with Crippen LogP contribution in [0.25, 0.3) is 0 Å². The van der Waals surface area contributed by atoms with E-state index >= 15 is 0 Å². The Bertz CT molecular complexity index is 579. The number of ether oxygens (including phenoxy) is 6. The van der Waals surface area contributed by atoms with Crippen LogP contribution in [0, 0.1) is 0 Å². The molecule has 0 aromatic carbocycles. The lowest BCUT2D eigenvalue weighted by Gasteiger charge is -2.38. The number of aliphatic hydroxyl groups excluding tert-OH is 2. The Hall–Kier alpha value is 0.251. The molecule has 2 unspecified atom stereocenters. The molecule has 0 radical (unpaired) electrons. The number of unbranched alkanes of at least 4 members (excludes halogenated alkanes) is 2. The molecule has 2 N–H and O–H groups in total. The summed E-state index contributed by atoms with van der Waals surface area (Å²) in [6.07, 6.45) is 4.91. The highest BCUT2D eigenvalue weighted by Gasteiger charge is 2.39. The van der Waals surface area contributed by atoms with E-state index in [0.717, 1.165) is 50.6 Å². The molecule has 0 saturated heterocycles. The molecule has 0 saturated carbocycles. The van der Waals surface area contributed by atoms with Gasteiger partial charge in [-0.3, -0.25) is 0 Å². The molecule has 0 aliphatic rings. The van der Waals surface area contributed by atoms with Gasteiger partial charge in [0.25, 0.3) is 0 Å². The summed E-state index contributed by atoms with van der Waals surface area (Å²) in [5.74, 6) is 0. The molecule has 0 rings (SSSR count). The zero-order valence-corrected chi connectivity index (χ0v) is 32.0. The van der Waals surface area contributed by atoms with Crippen LogP contribution in [0.2, 0.25) is 51.4 Å². The average Bonchev–Trinajstić information content (AvgIpc) is 2.90. The minimum Gasteiger partial charge on any atom is -0.437 e. The average molecular weight is 673 g/mol. The molecule has 43 heavy (non-hydrogen) atoms. The summed E-state index contributed by atoms with van der Waals surface area (Å²) in [5, 5.41) is 19.7. The topological polar surface area (TPSA) is 114 Å². The molecule has 2 atom stereocenters. The second-order valence-electron chi connectivity index (χ2n) is 12.9. The largest absolute Gasteiger partial charge is 0.437 e. The summed E-state index contributed by atoms with van der Waals surface area (Å²) in [7, 11) is -6.04. The van der Waals surface area contributed by atoms with Crippen LogP contribution in [0.1, 0.15) is 52.4 Å². The van der Waals surface area contributed by atoms with Crippen molar-refractivity contribution >= 4 is 25.2 Å². The van der Waals surface area contributed by atoms with E-state index in [4.69, 9.17) is 36.7 Å². The summed E-state index contributed by atoms with van der Waals surface area (Å²) in [4.78, 5) is 0. The predicted molar refractivity (Wildman–Crippen MR) is 180 cm³/mol. The number of hydrogen-bond donors (Lipinski definition) is 2. The lowest BCUT2D eigenvalue weighted by Crippen LogP contribution is -2.52. The van der Waals surface area contributed by atoms with E-state index in [0.29, 0.717) is 66.1 Å². The van der Waals surface area contributed by atoms with Crippen molar-refractivity contribution in [2.75, 3.05) is 79.3 Å². The van der Waals surface area contributed by atoms with Gasteiger partial charge in [-0.15, -0.1) is 0 Å². The molecule has 0 aromatic rings. The summed E-state index contributed by atoms with van der Waals surface area (Å²) < 4.78 is 46.7. The van der Waals surface area contributed by atoms with E-state index in [-0.39, 0.29) is 13.2 Å². The summed E-state index contributed by atoms with van der Waals surface area (Å²) >= 11 is 0. The highest BCUT2D eigenvalue weighted by atomic mass is 28.5. The quantitative estimate of drug-likeness (QED) is 0.0718. The van der Waals surface area contributed by atoms with Crippen molar-refractivity contribution in [3.8, 4) is 0 Å². The Labute approximate surface area is 266 Å². The zero-order chi connectivity index (χ0) is 32.5. The minimum absolute atomic E-state index is 0.270. The van der Waals surface area contributed by atoms with E-state index in [1.807, 2.05) is 0 Å². The fraction of sp³-hybridized carbons (Fsp3) is 1.00. The van der Waals surface area contributed by atoms with Gasteiger partial charge in [-0.25, -0.2) is 0 Å². The predicted octanol–water partition coefficient (Wildman–Crippen LogP) is 5.33. The molecule has 0 aliphatic heterocycles. The van der Waals surface area contributed by atoms with Gasteiger partial charge in [0, 0.05) is 26.4 Å². The van der Waals surface area contributed by atoms with Crippen molar-refractivity contribution < 1.29 is 46.9 Å². The van der Waals surface area contributed by atoms with Crippen LogP contribution in [-0.2, 0) is 36.7 Å². The first-order valence-corrected chi connectivity index (χ1v) is 25.6. The number of hydrogen-bond acceptors (Lipinski definition) is 10. The fourth-order valence-electron chi connectivity index (χ4n) is 4.56. The monoisotopic (exact) mass is 672 g/mol. The van der Waals surface area contributed by atoms with Crippen LogP contribution in [0.3, 0.4) is 0 Å². The highest BCUT2D eigenvalue weighted by molar-refractivity contribution is 6.87. The third-order valence-electron chi connectivity index (χ3n) is 6.45. The van der Waals surface area contributed by atoms with Crippen LogP contribution in [-0.4, -0.2) is 127 Å². The highest BCUT2D eigenvalue weighted by Crippen LogP contribution is 2.26.